The molecular weight excluding hydrogens is 334 g/mol. The van der Waals surface area contributed by atoms with Crippen LogP contribution in [0.15, 0.2) is 27.8 Å². The second-order valence-electron chi connectivity index (χ2n) is 6.95. The molecule has 2 aliphatic rings. The van der Waals surface area contributed by atoms with E-state index >= 15 is 0 Å². The molecule has 3 unspecified atom stereocenters. The Labute approximate surface area is 155 Å². The Morgan fingerprint density at radius 2 is 2.28 bits per heavy atom. The van der Waals surface area contributed by atoms with Crippen molar-refractivity contribution in [2.24, 2.45) is 4.99 Å². The molecule has 0 amide bonds. The first-order chi connectivity index (χ1) is 12.3. The van der Waals surface area contributed by atoms with Gasteiger partial charge in [-0.25, -0.2) is 0 Å². The minimum Gasteiger partial charge on any atom is -0.469 e. The molecule has 3 atom stereocenters. The van der Waals surface area contributed by atoms with Gasteiger partial charge in [-0.2, -0.15) is 11.8 Å². The zero-order valence-corrected chi connectivity index (χ0v) is 16.0. The fourth-order valence-electron chi connectivity index (χ4n) is 3.58. The summed E-state index contributed by atoms with van der Waals surface area (Å²) in [6, 6.07) is 4.47. The third-order valence-corrected chi connectivity index (χ3v) is 6.12. The summed E-state index contributed by atoms with van der Waals surface area (Å²) in [5.74, 6) is 1.93. The first-order valence-corrected chi connectivity index (χ1v) is 10.8. The molecule has 0 aromatic carbocycles. The monoisotopic (exact) mass is 365 g/mol. The highest BCUT2D eigenvalue weighted by molar-refractivity contribution is 7.99. The quantitative estimate of drug-likeness (QED) is 0.574. The first kappa shape index (κ1) is 18.6. The van der Waals surface area contributed by atoms with Gasteiger partial charge in [-0.3, -0.25) is 4.99 Å². The molecule has 2 N–H and O–H groups in total. The smallest absolute Gasteiger partial charge is 0.191 e. The predicted molar refractivity (Wildman–Crippen MR) is 104 cm³/mol. The lowest BCUT2D eigenvalue weighted by molar-refractivity contribution is 0.117. The molecule has 2 heterocycles. The topological polar surface area (TPSA) is 58.8 Å². The summed E-state index contributed by atoms with van der Waals surface area (Å²) in [4.78, 5) is 4.80. The van der Waals surface area contributed by atoms with Gasteiger partial charge in [0, 0.05) is 30.9 Å². The van der Waals surface area contributed by atoms with E-state index in [1.807, 2.05) is 23.9 Å². The van der Waals surface area contributed by atoms with E-state index in [-0.39, 0.29) is 6.10 Å². The number of guanidine groups is 1. The van der Waals surface area contributed by atoms with Gasteiger partial charge in [-0.05, 0) is 50.5 Å². The van der Waals surface area contributed by atoms with E-state index in [0.717, 1.165) is 55.9 Å². The third-order valence-electron chi connectivity index (χ3n) is 5.02. The normalized spacial score (nSPS) is 27.4. The molecule has 5 nitrogen and oxygen atoms in total. The fraction of sp³-hybridized carbons (Fsp3) is 0.737. The van der Waals surface area contributed by atoms with Crippen LogP contribution in [0, 0.1) is 0 Å². The lowest BCUT2D eigenvalue weighted by atomic mass is 9.95. The number of ether oxygens (including phenoxy) is 1. The van der Waals surface area contributed by atoms with Crippen LogP contribution in [0.3, 0.4) is 0 Å². The summed E-state index contributed by atoms with van der Waals surface area (Å²) in [6.45, 7) is 2.45. The second-order valence-corrected chi connectivity index (χ2v) is 8.08. The molecule has 25 heavy (non-hydrogen) atoms. The lowest BCUT2D eigenvalue weighted by Gasteiger charge is -2.30. The molecule has 1 aliphatic heterocycles. The van der Waals surface area contributed by atoms with Crippen LogP contribution in [-0.4, -0.2) is 49.3 Å². The number of hydrogen-bond donors (Lipinski definition) is 2. The summed E-state index contributed by atoms with van der Waals surface area (Å²) in [5, 5.41) is 7.91. The molecule has 0 spiro atoms. The number of nitrogens with zero attached hydrogens (tertiary/aromatic N) is 1. The van der Waals surface area contributed by atoms with Gasteiger partial charge < -0.3 is 19.8 Å². The van der Waals surface area contributed by atoms with Crippen LogP contribution >= 0.6 is 11.8 Å². The second kappa shape index (κ2) is 10.1. The highest BCUT2D eigenvalue weighted by atomic mass is 32.2. The zero-order chi connectivity index (χ0) is 17.3. The number of nitrogens with one attached hydrogen (secondary N) is 2. The Morgan fingerprint density at radius 1 is 1.32 bits per heavy atom. The van der Waals surface area contributed by atoms with Crippen LogP contribution in [-0.2, 0) is 11.2 Å². The third kappa shape index (κ3) is 6.26. The highest BCUT2D eigenvalue weighted by Crippen LogP contribution is 2.26. The van der Waals surface area contributed by atoms with E-state index in [0.29, 0.717) is 6.04 Å². The molecule has 2 fully saturated rings. The maximum atomic E-state index is 5.71. The van der Waals surface area contributed by atoms with E-state index in [2.05, 4.69) is 16.9 Å². The van der Waals surface area contributed by atoms with Crippen molar-refractivity contribution in [2.75, 3.05) is 26.0 Å². The highest BCUT2D eigenvalue weighted by Gasteiger charge is 2.22. The number of hydrogen-bond acceptors (Lipinski definition) is 4. The molecule has 6 heteroatoms. The van der Waals surface area contributed by atoms with Crippen LogP contribution < -0.4 is 10.6 Å². The summed E-state index contributed by atoms with van der Waals surface area (Å²) in [6.07, 6.45) is 12.5. The van der Waals surface area contributed by atoms with Crippen LogP contribution in [0.1, 0.15) is 44.3 Å². The lowest BCUT2D eigenvalue weighted by Crippen LogP contribution is -2.46. The molecule has 0 bridgehead atoms. The summed E-state index contributed by atoms with van der Waals surface area (Å²) >= 11 is 1.99. The van der Waals surface area contributed by atoms with Gasteiger partial charge >= 0.3 is 0 Å². The molecular formula is C19H31N3O2S. The van der Waals surface area contributed by atoms with Crippen molar-refractivity contribution in [3.63, 3.8) is 0 Å². The molecule has 1 aromatic heterocycles. The van der Waals surface area contributed by atoms with Gasteiger partial charge in [-0.1, -0.05) is 6.42 Å². The number of rotatable bonds is 7. The number of aliphatic imine (C=N–C) groups is 1. The van der Waals surface area contributed by atoms with Gasteiger partial charge in [0.25, 0.3) is 0 Å². The largest absolute Gasteiger partial charge is 0.469 e. The van der Waals surface area contributed by atoms with Crippen molar-refractivity contribution in [3.05, 3.63) is 24.2 Å². The van der Waals surface area contributed by atoms with Crippen molar-refractivity contribution in [2.45, 2.75) is 62.3 Å². The fourth-order valence-corrected chi connectivity index (χ4v) is 4.40. The molecule has 1 aliphatic carbocycles. The van der Waals surface area contributed by atoms with E-state index < -0.39 is 0 Å². The minimum atomic E-state index is 0.286. The van der Waals surface area contributed by atoms with Gasteiger partial charge in [-0.15, -0.1) is 0 Å². The van der Waals surface area contributed by atoms with Crippen molar-refractivity contribution in [3.8, 4) is 0 Å². The maximum Gasteiger partial charge on any atom is 0.191 e. The van der Waals surface area contributed by atoms with Gasteiger partial charge in [0.15, 0.2) is 5.96 Å². The van der Waals surface area contributed by atoms with Gasteiger partial charge in [0.2, 0.25) is 0 Å². The average molecular weight is 366 g/mol. The summed E-state index contributed by atoms with van der Waals surface area (Å²) < 4.78 is 11.1. The van der Waals surface area contributed by atoms with E-state index in [1.54, 1.807) is 6.26 Å². The Morgan fingerprint density at radius 3 is 3.04 bits per heavy atom. The number of thioether (sulfide) groups is 1. The van der Waals surface area contributed by atoms with E-state index in [9.17, 15) is 0 Å². The Kier molecular flexibility index (Phi) is 7.55. The number of furan rings is 1. The molecule has 0 radical (unpaired) electrons. The first-order valence-electron chi connectivity index (χ1n) is 9.55. The minimum absolute atomic E-state index is 0.286. The predicted octanol–water partition coefficient (Wildman–Crippen LogP) is 3.21. The van der Waals surface area contributed by atoms with Crippen LogP contribution in [0.25, 0.3) is 0 Å². The van der Waals surface area contributed by atoms with Crippen LogP contribution in [0.5, 0.6) is 0 Å². The SMILES string of the molecule is CSC1CCCC(NC(=NCC2CCCO2)NCCc2ccco2)C1. The molecule has 140 valence electrons. The Bertz CT molecular complexity index is 515. The molecule has 3 rings (SSSR count). The van der Waals surface area contributed by atoms with Crippen molar-refractivity contribution < 1.29 is 9.15 Å². The molecule has 1 aromatic rings. The van der Waals surface area contributed by atoms with E-state index in [4.69, 9.17) is 14.1 Å². The Balaban J connectivity index is 1.51. The zero-order valence-electron chi connectivity index (χ0n) is 15.2. The average Bonchev–Trinajstić information content (AvgIpc) is 3.33. The van der Waals surface area contributed by atoms with E-state index in [1.165, 1.54) is 25.7 Å². The van der Waals surface area contributed by atoms with Crippen molar-refractivity contribution >= 4 is 17.7 Å². The van der Waals surface area contributed by atoms with Gasteiger partial charge in [0.1, 0.15) is 5.76 Å². The maximum absolute atomic E-state index is 5.71. The standard InChI is InChI=1S/C19H31N3O2S/c1-25-18-8-2-5-15(13-18)22-19(21-14-17-7-4-12-24-17)20-10-9-16-6-3-11-23-16/h3,6,11,15,17-18H,2,4-5,7-10,12-14H2,1H3,(H2,20,21,22). The Hall–Kier alpha value is -1.14. The van der Waals surface area contributed by atoms with Gasteiger partial charge in [0.05, 0.1) is 18.9 Å². The van der Waals surface area contributed by atoms with Crippen LogP contribution in [0.2, 0.25) is 0 Å². The van der Waals surface area contributed by atoms with Crippen molar-refractivity contribution in [1.82, 2.24) is 10.6 Å². The summed E-state index contributed by atoms with van der Waals surface area (Å²) in [7, 11) is 0. The summed E-state index contributed by atoms with van der Waals surface area (Å²) in [5.41, 5.74) is 0. The van der Waals surface area contributed by atoms with Crippen molar-refractivity contribution in [1.29, 1.82) is 0 Å². The van der Waals surface area contributed by atoms with Crippen LogP contribution in [0.4, 0.5) is 0 Å². The molecule has 1 saturated carbocycles. The molecule has 1 saturated heterocycles.